The van der Waals surface area contributed by atoms with Crippen molar-refractivity contribution in [3.8, 4) is 12.3 Å². The third-order valence-electron chi connectivity index (χ3n) is 14.1. The van der Waals surface area contributed by atoms with Crippen LogP contribution in [0.25, 0.3) is 0 Å². The number of hydrogen-bond acceptors (Lipinski definition) is 13. The van der Waals surface area contributed by atoms with Gasteiger partial charge in [0.05, 0.1) is 48.0 Å². The number of nitrogens with zero attached hydrogens (tertiary/aromatic N) is 1. The SMILES string of the molecule is C#CCCN(C)[C@H]1C[C@@H](C)O[C@@H](O[C@@H]2[C@@H](C)[C@H](C3C[C@@](C)(OC)[C@@H](O)[C@H](C)O3)[C@@H](C)C(=O)O[C@H](CC)[C@@]3(C)OC(=O)C[C@@H]3[C@@H](C)C(=O)[C@H](C)C[C@@]2(C)OC)[C@@H]1O. The van der Waals surface area contributed by atoms with Gasteiger partial charge in [0.15, 0.2) is 6.29 Å². The number of Topliss-reactive ketones (excluding diaryl/α,β-unsaturated/α-hetero) is 1. The van der Waals surface area contributed by atoms with Crippen molar-refractivity contribution in [1.29, 1.82) is 0 Å². The van der Waals surface area contributed by atoms with E-state index in [1.165, 1.54) is 0 Å². The lowest BCUT2D eigenvalue weighted by Crippen LogP contribution is -2.62. The van der Waals surface area contributed by atoms with E-state index in [4.69, 9.17) is 39.6 Å². The molecule has 4 aliphatic heterocycles. The molecule has 0 aromatic carbocycles. The molecule has 0 amide bonds. The molecule has 13 nitrogen and oxygen atoms in total. The maximum Gasteiger partial charge on any atom is 0.309 e. The second kappa shape index (κ2) is 18.4. The number of esters is 2. The van der Waals surface area contributed by atoms with Crippen LogP contribution < -0.4 is 0 Å². The van der Waals surface area contributed by atoms with E-state index < -0.39 is 107 Å². The van der Waals surface area contributed by atoms with E-state index in [0.29, 0.717) is 25.8 Å². The molecule has 4 rings (SSSR count). The third-order valence-corrected chi connectivity index (χ3v) is 14.1. The highest BCUT2D eigenvalue weighted by molar-refractivity contribution is 5.85. The Morgan fingerprint density at radius 2 is 1.59 bits per heavy atom. The number of cyclic esters (lactones) is 1. The van der Waals surface area contributed by atoms with E-state index in [9.17, 15) is 24.6 Å². The summed E-state index contributed by atoms with van der Waals surface area (Å²) >= 11 is 0. The monoisotopic (exact) mass is 793 g/mol. The zero-order valence-electron chi connectivity index (χ0n) is 36.1. The first-order valence-electron chi connectivity index (χ1n) is 20.6. The number of rotatable bonds is 9. The first-order valence-corrected chi connectivity index (χ1v) is 20.6. The van der Waals surface area contributed by atoms with Crippen LogP contribution in [0.1, 0.15) is 108 Å². The molecule has 4 saturated heterocycles. The minimum Gasteiger partial charge on any atom is -0.458 e. The van der Waals surface area contributed by atoms with Crippen LogP contribution in [0.5, 0.6) is 0 Å². The Bertz CT molecular complexity index is 1420. The summed E-state index contributed by atoms with van der Waals surface area (Å²) in [5.74, 6) is -2.13. The Hall–Kier alpha value is -2.15. The summed E-state index contributed by atoms with van der Waals surface area (Å²) in [5, 5.41) is 23.2. The summed E-state index contributed by atoms with van der Waals surface area (Å²) in [7, 11) is 5.04. The molecule has 4 fully saturated rings. The lowest BCUT2D eigenvalue weighted by Gasteiger charge is -2.52. The van der Waals surface area contributed by atoms with E-state index >= 15 is 0 Å². The Kier molecular flexibility index (Phi) is 15.3. The van der Waals surface area contributed by atoms with Gasteiger partial charge >= 0.3 is 11.9 Å². The molecule has 2 N–H and O–H groups in total. The molecule has 56 heavy (non-hydrogen) atoms. The molecule has 4 heterocycles. The Morgan fingerprint density at radius 3 is 2.18 bits per heavy atom. The summed E-state index contributed by atoms with van der Waals surface area (Å²) in [6.45, 7) is 19.1. The molecule has 1 unspecified atom stereocenters. The number of hydrogen-bond donors (Lipinski definition) is 2. The zero-order chi connectivity index (χ0) is 42.1. The zero-order valence-corrected chi connectivity index (χ0v) is 36.1. The van der Waals surface area contributed by atoms with Gasteiger partial charge in [0, 0.05) is 63.3 Å². The van der Waals surface area contributed by atoms with Crippen LogP contribution in [-0.4, -0.2) is 133 Å². The lowest BCUT2D eigenvalue weighted by atomic mass is 9.67. The van der Waals surface area contributed by atoms with E-state index in [-0.39, 0.29) is 37.2 Å². The molecule has 0 radical (unpaired) electrons. The molecule has 4 aliphatic rings. The Balaban J connectivity index is 1.90. The van der Waals surface area contributed by atoms with Crippen LogP contribution in [0.15, 0.2) is 0 Å². The van der Waals surface area contributed by atoms with Gasteiger partial charge in [0.1, 0.15) is 29.7 Å². The van der Waals surface area contributed by atoms with Crippen molar-refractivity contribution in [1.82, 2.24) is 4.90 Å². The molecule has 13 heteroatoms. The van der Waals surface area contributed by atoms with Gasteiger partial charge in [-0.15, -0.1) is 12.3 Å². The van der Waals surface area contributed by atoms with Crippen LogP contribution >= 0.6 is 0 Å². The highest BCUT2D eigenvalue weighted by Gasteiger charge is 2.58. The van der Waals surface area contributed by atoms with E-state index in [1.807, 2.05) is 60.4 Å². The number of aliphatic hydroxyl groups excluding tert-OH is 2. The van der Waals surface area contributed by atoms with Crippen LogP contribution in [0.3, 0.4) is 0 Å². The molecule has 0 aromatic rings. The minimum atomic E-state index is -1.24. The van der Waals surface area contributed by atoms with E-state index in [0.717, 1.165) is 0 Å². The van der Waals surface area contributed by atoms with Crippen LogP contribution in [0.2, 0.25) is 0 Å². The summed E-state index contributed by atoms with van der Waals surface area (Å²) in [6, 6.07) is -0.325. The van der Waals surface area contributed by atoms with Gasteiger partial charge in [-0.05, 0) is 66.8 Å². The largest absolute Gasteiger partial charge is 0.458 e. The molecule has 0 saturated carbocycles. The fourth-order valence-corrected chi connectivity index (χ4v) is 10.5. The normalized spacial score (nSPS) is 47.1. The smallest absolute Gasteiger partial charge is 0.309 e. The number of ether oxygens (including phenoxy) is 7. The lowest BCUT2D eigenvalue weighted by molar-refractivity contribution is -0.305. The van der Waals surface area contributed by atoms with Crippen molar-refractivity contribution in [2.45, 2.75) is 180 Å². The fraction of sp³-hybridized carbons (Fsp3) is 0.884. The second-order valence-electron chi connectivity index (χ2n) is 18.0. The maximum absolute atomic E-state index is 14.6. The van der Waals surface area contributed by atoms with Crippen LogP contribution in [0, 0.1) is 47.9 Å². The molecular weight excluding hydrogens is 722 g/mol. The molecule has 0 aliphatic carbocycles. The van der Waals surface area contributed by atoms with Gasteiger partial charge in [-0.1, -0.05) is 34.6 Å². The predicted molar refractivity (Wildman–Crippen MR) is 208 cm³/mol. The van der Waals surface area contributed by atoms with E-state index in [1.54, 1.807) is 35.0 Å². The Morgan fingerprint density at radius 1 is 0.946 bits per heavy atom. The standard InChI is InChI=1S/C43H71NO12/c1-15-17-18-44(12)30-19-24(4)52-40(36(30)47)55-38-26(6)34(31-22-41(9,50-13)37(48)28(8)53-31)27(7)39(49)54-32(16-2)43(11)29(20-33(45)56-43)25(5)35(46)23(3)21-42(38,10)51-14/h1,23-32,34,36-38,40,47-48H,16-22H2,2-14H3/t23-,24-,25-,26+,27-,28+,29-,30+,31?,32-,34+,36-,37+,38-,40+,41-,42-,43+/m1/s1. The fourth-order valence-electron chi connectivity index (χ4n) is 10.5. The van der Waals surface area contributed by atoms with Crippen molar-refractivity contribution in [3.63, 3.8) is 0 Å². The summed E-state index contributed by atoms with van der Waals surface area (Å²) < 4.78 is 44.7. The average molecular weight is 794 g/mol. The van der Waals surface area contributed by atoms with Gasteiger partial charge in [0.25, 0.3) is 0 Å². The number of likely N-dealkylation sites (N-methyl/N-ethyl adjacent to an activating group) is 1. The number of terminal acetylenes is 1. The molecular formula is C43H71NO12. The van der Waals surface area contributed by atoms with E-state index in [2.05, 4.69) is 5.92 Å². The van der Waals surface area contributed by atoms with Gasteiger partial charge in [-0.2, -0.15) is 0 Å². The molecule has 0 spiro atoms. The Labute approximate surface area is 335 Å². The first kappa shape index (κ1) is 46.5. The quantitative estimate of drug-likeness (QED) is 0.252. The number of methoxy groups -OCH3 is 2. The first-order chi connectivity index (χ1) is 26.1. The predicted octanol–water partition coefficient (Wildman–Crippen LogP) is 4.32. The van der Waals surface area contributed by atoms with Gasteiger partial charge < -0.3 is 43.4 Å². The number of carbonyl (C=O) groups excluding carboxylic acids is 3. The number of carbonyl (C=O) groups is 3. The van der Waals surface area contributed by atoms with Crippen molar-refractivity contribution in [2.24, 2.45) is 35.5 Å². The number of fused-ring (bicyclic) bond motifs is 1. The van der Waals surface area contributed by atoms with Gasteiger partial charge in [0.2, 0.25) is 0 Å². The van der Waals surface area contributed by atoms with Crippen LogP contribution in [0.4, 0.5) is 0 Å². The highest BCUT2D eigenvalue weighted by atomic mass is 16.7. The van der Waals surface area contributed by atoms with Crippen LogP contribution in [-0.2, 0) is 47.5 Å². The van der Waals surface area contributed by atoms with Crippen molar-refractivity contribution < 1.29 is 57.8 Å². The second-order valence-corrected chi connectivity index (χ2v) is 18.0. The molecule has 320 valence electrons. The highest BCUT2D eigenvalue weighted by Crippen LogP contribution is 2.48. The number of ketones is 1. The van der Waals surface area contributed by atoms with Crippen molar-refractivity contribution in [2.75, 3.05) is 27.8 Å². The molecule has 18 atom stereocenters. The average Bonchev–Trinajstić information content (AvgIpc) is 3.47. The topological polar surface area (TPSA) is 160 Å². The molecule has 0 aromatic heterocycles. The van der Waals surface area contributed by atoms with Gasteiger partial charge in [-0.25, -0.2) is 0 Å². The van der Waals surface area contributed by atoms with Crippen molar-refractivity contribution in [3.05, 3.63) is 0 Å². The van der Waals surface area contributed by atoms with Crippen molar-refractivity contribution >= 4 is 17.7 Å². The summed E-state index contributed by atoms with van der Waals surface area (Å²) in [6.07, 6.45) is 1.03. The summed E-state index contributed by atoms with van der Waals surface area (Å²) in [5.41, 5.74) is -3.43. The molecule has 0 bridgehead atoms. The number of aliphatic hydroxyl groups is 2. The maximum atomic E-state index is 14.6. The van der Waals surface area contributed by atoms with Gasteiger partial charge in [-0.3, -0.25) is 19.3 Å². The minimum absolute atomic E-state index is 0.0183. The summed E-state index contributed by atoms with van der Waals surface area (Å²) in [4.78, 5) is 44.1. The third kappa shape index (κ3) is 9.18.